The molecule has 0 radical (unpaired) electrons. The predicted molar refractivity (Wildman–Crippen MR) is 78.4 cm³/mol. The Morgan fingerprint density at radius 3 is 2.90 bits per heavy atom. The summed E-state index contributed by atoms with van der Waals surface area (Å²) in [7, 11) is 0.469. The van der Waals surface area contributed by atoms with Crippen molar-refractivity contribution in [3.63, 3.8) is 0 Å². The number of hydrogen-bond acceptors (Lipinski definition) is 4. The maximum Gasteiger partial charge on any atom is 0.246 e. The van der Waals surface area contributed by atoms with Crippen LogP contribution in [-0.4, -0.2) is 66.5 Å². The van der Waals surface area contributed by atoms with Crippen molar-refractivity contribution in [2.45, 2.75) is 30.3 Å². The van der Waals surface area contributed by atoms with Crippen LogP contribution in [0.1, 0.15) is 12.8 Å². The van der Waals surface area contributed by atoms with Gasteiger partial charge in [0, 0.05) is 31.2 Å². The molecule has 0 aliphatic carbocycles. The lowest BCUT2D eigenvalue weighted by Gasteiger charge is -2.25. The molecule has 2 heterocycles. The molecule has 0 bridgehead atoms. The molecule has 1 fully saturated rings. The van der Waals surface area contributed by atoms with E-state index in [9.17, 15) is 8.42 Å². The maximum atomic E-state index is 12.7. The second-order valence-corrected chi connectivity index (χ2v) is 7.57. The van der Waals surface area contributed by atoms with Crippen molar-refractivity contribution >= 4 is 21.6 Å². The Morgan fingerprint density at radius 2 is 2.25 bits per heavy atom. The first kappa shape index (κ1) is 15.8. The van der Waals surface area contributed by atoms with Crippen molar-refractivity contribution in [3.05, 3.63) is 12.4 Å². The lowest BCUT2D eigenvalue weighted by molar-refractivity contribution is 0.291. The van der Waals surface area contributed by atoms with E-state index >= 15 is 0 Å². The number of aromatic nitrogens is 2. The number of halogens is 1. The Bertz CT molecular complexity index is 543. The molecule has 114 valence electrons. The summed E-state index contributed by atoms with van der Waals surface area (Å²) in [6, 6.07) is 0.0476. The first-order valence-corrected chi connectivity index (χ1v) is 8.67. The van der Waals surface area contributed by atoms with Crippen LogP contribution in [0.5, 0.6) is 0 Å². The molecule has 1 aliphatic rings. The average molecular weight is 321 g/mol. The molecule has 1 aromatic rings. The minimum atomic E-state index is -3.45. The third kappa shape index (κ3) is 3.33. The predicted octanol–water partition coefficient (Wildman–Crippen LogP) is 0.837. The molecule has 0 spiro atoms. The van der Waals surface area contributed by atoms with Gasteiger partial charge in [-0.1, -0.05) is 0 Å². The molecule has 1 aromatic heterocycles. The molecular weight excluding hydrogens is 300 g/mol. The summed E-state index contributed by atoms with van der Waals surface area (Å²) >= 11 is 5.64. The molecule has 0 saturated carbocycles. The lowest BCUT2D eigenvalue weighted by Crippen LogP contribution is -2.41. The van der Waals surface area contributed by atoms with Crippen LogP contribution in [0.4, 0.5) is 0 Å². The summed E-state index contributed by atoms with van der Waals surface area (Å²) in [5.41, 5.74) is 0. The average Bonchev–Trinajstić information content (AvgIpc) is 2.98. The third-order valence-electron chi connectivity index (χ3n) is 3.43. The highest BCUT2D eigenvalue weighted by Crippen LogP contribution is 2.26. The fraction of sp³-hybridized carbons (Fsp3) is 0.750. The van der Waals surface area contributed by atoms with E-state index in [1.807, 2.05) is 19.0 Å². The van der Waals surface area contributed by atoms with Gasteiger partial charge in [-0.05, 0) is 26.9 Å². The summed E-state index contributed by atoms with van der Waals surface area (Å²) in [6.07, 6.45) is 4.79. The number of aryl methyl sites for hydroxylation is 1. The van der Waals surface area contributed by atoms with Gasteiger partial charge in [0.2, 0.25) is 10.0 Å². The summed E-state index contributed by atoms with van der Waals surface area (Å²) in [5, 5.41) is 4.05. The highest BCUT2D eigenvalue weighted by molar-refractivity contribution is 7.89. The highest BCUT2D eigenvalue weighted by Gasteiger charge is 2.36. The van der Waals surface area contributed by atoms with Gasteiger partial charge in [0.15, 0.2) is 0 Å². The summed E-state index contributed by atoms with van der Waals surface area (Å²) in [4.78, 5) is 2.28. The van der Waals surface area contributed by atoms with Gasteiger partial charge in [-0.2, -0.15) is 9.40 Å². The van der Waals surface area contributed by atoms with Crippen LogP contribution in [0.3, 0.4) is 0 Å². The minimum absolute atomic E-state index is 0.0476. The summed E-state index contributed by atoms with van der Waals surface area (Å²) < 4.78 is 28.5. The Morgan fingerprint density at radius 1 is 1.50 bits per heavy atom. The quantitative estimate of drug-likeness (QED) is 0.729. The standard InChI is InChI=1S/C12H21ClN4O2S/c1-15(2)9-11-4-3-6-17(11)20(18,19)12-8-14-16(10-12)7-5-13/h8,10-11H,3-7,9H2,1-2H3. The van der Waals surface area contributed by atoms with E-state index in [1.165, 1.54) is 6.20 Å². The zero-order valence-corrected chi connectivity index (χ0v) is 13.4. The molecule has 0 amide bonds. The number of sulfonamides is 1. The van der Waals surface area contributed by atoms with E-state index in [4.69, 9.17) is 11.6 Å². The van der Waals surface area contributed by atoms with Gasteiger partial charge in [0.1, 0.15) is 4.90 Å². The molecule has 20 heavy (non-hydrogen) atoms. The molecule has 0 aromatic carbocycles. The Balaban J connectivity index is 2.19. The molecule has 8 heteroatoms. The van der Waals surface area contributed by atoms with Gasteiger partial charge in [-0.25, -0.2) is 8.42 Å². The van der Waals surface area contributed by atoms with Crippen molar-refractivity contribution in [2.24, 2.45) is 0 Å². The van der Waals surface area contributed by atoms with Gasteiger partial charge in [0.05, 0.1) is 12.7 Å². The second-order valence-electron chi connectivity index (χ2n) is 5.30. The normalized spacial score (nSPS) is 20.9. The fourth-order valence-corrected chi connectivity index (χ4v) is 4.36. The molecule has 1 aliphatic heterocycles. The number of hydrogen-bond donors (Lipinski definition) is 0. The zero-order chi connectivity index (χ0) is 14.8. The van der Waals surface area contributed by atoms with E-state index in [0.29, 0.717) is 19.0 Å². The number of likely N-dealkylation sites (N-methyl/N-ethyl adjacent to an activating group) is 1. The van der Waals surface area contributed by atoms with Crippen LogP contribution in [0.25, 0.3) is 0 Å². The third-order valence-corrected chi connectivity index (χ3v) is 5.50. The van der Waals surface area contributed by atoms with Gasteiger partial charge in [0.25, 0.3) is 0 Å². The van der Waals surface area contributed by atoms with Crippen molar-refractivity contribution < 1.29 is 8.42 Å². The van der Waals surface area contributed by atoms with Crippen LogP contribution < -0.4 is 0 Å². The largest absolute Gasteiger partial charge is 0.308 e. The Hall–Kier alpha value is -0.630. The van der Waals surface area contributed by atoms with Crippen LogP contribution in [0, 0.1) is 0 Å². The number of alkyl halides is 1. The van der Waals surface area contributed by atoms with E-state index in [2.05, 4.69) is 5.10 Å². The summed E-state index contributed by atoms with van der Waals surface area (Å²) in [5.74, 6) is 0.411. The molecule has 6 nitrogen and oxygen atoms in total. The second kappa shape index (κ2) is 6.43. The molecule has 1 saturated heterocycles. The van der Waals surface area contributed by atoms with Crippen LogP contribution in [-0.2, 0) is 16.6 Å². The van der Waals surface area contributed by atoms with Crippen molar-refractivity contribution in [2.75, 3.05) is 33.1 Å². The van der Waals surface area contributed by atoms with Crippen LogP contribution in [0.2, 0.25) is 0 Å². The summed E-state index contributed by atoms with van der Waals surface area (Å²) in [6.45, 7) is 1.84. The van der Waals surface area contributed by atoms with Gasteiger partial charge >= 0.3 is 0 Å². The molecular formula is C12H21ClN4O2S. The number of nitrogens with zero attached hydrogens (tertiary/aromatic N) is 4. The zero-order valence-electron chi connectivity index (χ0n) is 11.9. The van der Waals surface area contributed by atoms with E-state index in [1.54, 1.807) is 15.2 Å². The topological polar surface area (TPSA) is 58.4 Å². The number of rotatable bonds is 6. The van der Waals surface area contributed by atoms with E-state index in [-0.39, 0.29) is 10.9 Å². The van der Waals surface area contributed by atoms with Gasteiger partial charge in [-0.15, -0.1) is 11.6 Å². The first-order valence-electron chi connectivity index (χ1n) is 6.70. The van der Waals surface area contributed by atoms with Crippen molar-refractivity contribution in [1.29, 1.82) is 0 Å². The molecule has 2 rings (SSSR count). The van der Waals surface area contributed by atoms with Crippen LogP contribution in [0.15, 0.2) is 17.3 Å². The van der Waals surface area contributed by atoms with E-state index < -0.39 is 10.0 Å². The SMILES string of the molecule is CN(C)CC1CCCN1S(=O)(=O)c1cnn(CCCl)c1. The van der Waals surface area contributed by atoms with Crippen LogP contribution >= 0.6 is 11.6 Å². The fourth-order valence-electron chi connectivity index (χ4n) is 2.55. The van der Waals surface area contributed by atoms with E-state index in [0.717, 1.165) is 19.4 Å². The lowest BCUT2D eigenvalue weighted by atomic mass is 10.2. The molecule has 1 unspecified atom stereocenters. The molecule has 1 atom stereocenters. The Labute approximate surface area is 125 Å². The van der Waals surface area contributed by atoms with Gasteiger partial charge in [-0.3, -0.25) is 4.68 Å². The molecule has 0 N–H and O–H groups in total. The van der Waals surface area contributed by atoms with Crippen molar-refractivity contribution in [3.8, 4) is 0 Å². The smallest absolute Gasteiger partial charge is 0.246 e. The Kier molecular flexibility index (Phi) is 5.06. The highest BCUT2D eigenvalue weighted by atomic mass is 35.5. The monoisotopic (exact) mass is 320 g/mol. The minimum Gasteiger partial charge on any atom is -0.308 e. The first-order chi connectivity index (χ1) is 9.45. The maximum absolute atomic E-state index is 12.7. The van der Waals surface area contributed by atoms with Crippen molar-refractivity contribution in [1.82, 2.24) is 19.0 Å². The van der Waals surface area contributed by atoms with Gasteiger partial charge < -0.3 is 4.90 Å².